The molecule has 2 aliphatic heterocycles. The summed E-state index contributed by atoms with van der Waals surface area (Å²) in [7, 11) is 1.58. The van der Waals surface area contributed by atoms with Crippen LogP contribution in [0.5, 0.6) is 5.88 Å². The molecule has 4 N–H and O–H groups in total. The van der Waals surface area contributed by atoms with E-state index in [0.717, 1.165) is 40.7 Å². The molecule has 0 bridgehead atoms. The van der Waals surface area contributed by atoms with Crippen LogP contribution in [-0.2, 0) is 22.7 Å². The molecule has 2 atom stereocenters. The smallest absolute Gasteiger partial charge is 0.263 e. The van der Waals surface area contributed by atoms with E-state index in [1.54, 1.807) is 19.4 Å². The van der Waals surface area contributed by atoms with Crippen molar-refractivity contribution in [1.82, 2.24) is 35.6 Å². The summed E-state index contributed by atoms with van der Waals surface area (Å²) >= 11 is 20.7. The fourth-order valence-corrected chi connectivity index (χ4v) is 7.60. The summed E-state index contributed by atoms with van der Waals surface area (Å²) in [6.45, 7) is 1.95. The van der Waals surface area contributed by atoms with Crippen LogP contribution in [-0.4, -0.2) is 58.5 Å². The molecule has 0 aliphatic carbocycles. The number of rotatable bonds is 12. The van der Waals surface area contributed by atoms with Crippen molar-refractivity contribution in [3.63, 3.8) is 0 Å². The molecule has 268 valence electrons. The standard InChI is InChI=1S/C38H36Cl3N7O4/c1-52-37-22(17-42-18-23-9-12-32(49)44-23)8-11-30(46-37)28-7-3-6-27(35(28)40)26-5-2-4-25(34(26)39)21-14-15-48-31(16-21)47-36(41)29(38(48)51)20-43-19-24-10-13-33(50)45-24/h2-8,11,14-16,23-24,42-43H,9-10,12-13,17-20H2,1H3,(H,44,49)(H,45,50)/t23-,24-/m0/s1. The van der Waals surface area contributed by atoms with Crippen molar-refractivity contribution >= 4 is 52.3 Å². The second-order valence-electron chi connectivity index (χ2n) is 12.9. The first-order chi connectivity index (χ1) is 25.2. The van der Waals surface area contributed by atoms with Crippen LogP contribution in [0, 0.1) is 0 Å². The van der Waals surface area contributed by atoms with Gasteiger partial charge in [-0.1, -0.05) is 77.3 Å². The molecule has 2 aromatic carbocycles. The van der Waals surface area contributed by atoms with E-state index in [2.05, 4.69) is 26.3 Å². The Morgan fingerprint density at radius 3 is 2.04 bits per heavy atom. The summed E-state index contributed by atoms with van der Waals surface area (Å²) < 4.78 is 7.10. The van der Waals surface area contributed by atoms with Crippen molar-refractivity contribution < 1.29 is 14.3 Å². The lowest BCUT2D eigenvalue weighted by Gasteiger charge is -2.16. The van der Waals surface area contributed by atoms with Gasteiger partial charge in [0.05, 0.1) is 28.4 Å². The SMILES string of the molecule is COc1nc(-c2cccc(-c3cccc(-c4ccn5c(=O)c(CNC[C@@H]6CCC(=O)N6)c(Cl)nc5c4)c3Cl)c2Cl)ccc1CNC[C@@H]1CCC(=O)N1. The molecule has 5 heterocycles. The molecule has 0 spiro atoms. The molecule has 52 heavy (non-hydrogen) atoms. The number of hydrogen-bond acceptors (Lipinski definition) is 8. The third-order valence-corrected chi connectivity index (χ3v) is 10.6. The molecule has 0 saturated carbocycles. The Balaban J connectivity index is 1.12. The highest BCUT2D eigenvalue weighted by Gasteiger charge is 2.22. The van der Waals surface area contributed by atoms with Crippen molar-refractivity contribution in [1.29, 1.82) is 0 Å². The molecule has 14 heteroatoms. The van der Waals surface area contributed by atoms with E-state index < -0.39 is 0 Å². The van der Waals surface area contributed by atoms with E-state index in [-0.39, 0.29) is 41.2 Å². The van der Waals surface area contributed by atoms with Gasteiger partial charge in [-0.05, 0) is 36.6 Å². The van der Waals surface area contributed by atoms with Gasteiger partial charge in [-0.2, -0.15) is 0 Å². The van der Waals surface area contributed by atoms with Gasteiger partial charge in [-0.3, -0.25) is 18.8 Å². The van der Waals surface area contributed by atoms with Crippen molar-refractivity contribution in [2.45, 2.75) is 50.9 Å². The summed E-state index contributed by atoms with van der Waals surface area (Å²) in [5.74, 6) is 0.603. The van der Waals surface area contributed by atoms with Crippen molar-refractivity contribution in [3.05, 3.63) is 104 Å². The highest BCUT2D eigenvalue weighted by Crippen LogP contribution is 2.42. The highest BCUT2D eigenvalue weighted by atomic mass is 35.5. The first-order valence-electron chi connectivity index (χ1n) is 17.0. The van der Waals surface area contributed by atoms with Gasteiger partial charge in [0.2, 0.25) is 17.7 Å². The number of aromatic nitrogens is 3. The zero-order valence-electron chi connectivity index (χ0n) is 28.3. The predicted molar refractivity (Wildman–Crippen MR) is 203 cm³/mol. The number of hydrogen-bond donors (Lipinski definition) is 4. The van der Waals surface area contributed by atoms with E-state index in [1.165, 1.54) is 4.40 Å². The Morgan fingerprint density at radius 2 is 1.40 bits per heavy atom. The summed E-state index contributed by atoms with van der Waals surface area (Å²) in [5.41, 5.74) is 5.62. The molecule has 0 radical (unpaired) electrons. The maximum absolute atomic E-state index is 13.4. The molecule has 2 fully saturated rings. The Kier molecular flexibility index (Phi) is 10.8. The number of fused-ring (bicyclic) bond motifs is 1. The van der Waals surface area contributed by atoms with Crippen LogP contribution < -0.4 is 31.6 Å². The number of halogens is 3. The van der Waals surface area contributed by atoms with Gasteiger partial charge in [0, 0.05) is 85.1 Å². The lowest BCUT2D eigenvalue weighted by atomic mass is 9.97. The third-order valence-electron chi connectivity index (χ3n) is 9.45. The first-order valence-corrected chi connectivity index (χ1v) is 18.2. The minimum Gasteiger partial charge on any atom is -0.481 e. The normalized spacial score (nSPS) is 17.1. The lowest BCUT2D eigenvalue weighted by Crippen LogP contribution is -2.36. The maximum atomic E-state index is 13.4. The topological polar surface area (TPSA) is 139 Å². The Bertz CT molecular complexity index is 2250. The Hall–Kier alpha value is -4.52. The van der Waals surface area contributed by atoms with Gasteiger partial charge in [0.25, 0.3) is 5.56 Å². The second-order valence-corrected chi connectivity index (χ2v) is 14.0. The highest BCUT2D eigenvalue weighted by molar-refractivity contribution is 6.39. The molecule has 5 aromatic rings. The summed E-state index contributed by atoms with van der Waals surface area (Å²) in [6.07, 6.45) is 4.31. The number of amides is 2. The number of nitrogens with one attached hydrogen (secondary N) is 4. The fourth-order valence-electron chi connectivity index (χ4n) is 6.71. The zero-order valence-corrected chi connectivity index (χ0v) is 30.5. The third kappa shape index (κ3) is 7.51. The molecule has 2 aliphatic rings. The predicted octanol–water partition coefficient (Wildman–Crippen LogP) is 5.80. The minimum atomic E-state index is -0.276. The van der Waals surface area contributed by atoms with E-state index in [4.69, 9.17) is 44.5 Å². The first kappa shape index (κ1) is 35.9. The molecule has 7 rings (SSSR count). The largest absolute Gasteiger partial charge is 0.481 e. The molecule has 11 nitrogen and oxygen atoms in total. The molecular weight excluding hydrogens is 725 g/mol. The van der Waals surface area contributed by atoms with Crippen molar-refractivity contribution in [2.75, 3.05) is 20.2 Å². The van der Waals surface area contributed by atoms with Crippen LogP contribution in [0.2, 0.25) is 15.2 Å². The second kappa shape index (κ2) is 15.6. The molecule has 2 amide bonds. The van der Waals surface area contributed by atoms with Crippen LogP contribution >= 0.6 is 34.8 Å². The number of carbonyl (C=O) groups excluding carboxylic acids is 2. The molecular formula is C38H36Cl3N7O4. The van der Waals surface area contributed by atoms with E-state index in [9.17, 15) is 14.4 Å². The minimum absolute atomic E-state index is 0.0300. The van der Waals surface area contributed by atoms with Crippen LogP contribution in [0.3, 0.4) is 0 Å². The fraction of sp³-hybridized carbons (Fsp3) is 0.289. The van der Waals surface area contributed by atoms with Crippen molar-refractivity contribution in [3.8, 4) is 39.4 Å². The monoisotopic (exact) mass is 759 g/mol. The van der Waals surface area contributed by atoms with Gasteiger partial charge >= 0.3 is 0 Å². The Morgan fingerprint density at radius 1 is 0.788 bits per heavy atom. The number of benzene rings is 2. The van der Waals surface area contributed by atoms with E-state index in [0.29, 0.717) is 70.9 Å². The number of carbonyl (C=O) groups is 2. The Labute approximate surface area is 315 Å². The van der Waals surface area contributed by atoms with Crippen LogP contribution in [0.1, 0.15) is 36.8 Å². The van der Waals surface area contributed by atoms with Gasteiger partial charge in [0.15, 0.2) is 0 Å². The molecule has 3 aromatic heterocycles. The summed E-state index contributed by atoms with van der Waals surface area (Å²) in [5, 5.41) is 13.5. The van der Waals surface area contributed by atoms with Gasteiger partial charge in [-0.15, -0.1) is 0 Å². The van der Waals surface area contributed by atoms with E-state index >= 15 is 0 Å². The van der Waals surface area contributed by atoms with Gasteiger partial charge in [-0.25, -0.2) is 9.97 Å². The van der Waals surface area contributed by atoms with Crippen molar-refractivity contribution in [2.24, 2.45) is 0 Å². The number of ether oxygens (including phenoxy) is 1. The van der Waals surface area contributed by atoms with Gasteiger partial charge in [0.1, 0.15) is 10.8 Å². The van der Waals surface area contributed by atoms with Crippen LogP contribution in [0.4, 0.5) is 0 Å². The van der Waals surface area contributed by atoms with E-state index in [1.807, 2.05) is 54.6 Å². The summed E-state index contributed by atoms with van der Waals surface area (Å²) in [6, 6.07) is 19.0. The van der Waals surface area contributed by atoms with Crippen LogP contribution in [0.15, 0.2) is 71.7 Å². The number of methoxy groups -OCH3 is 1. The average Bonchev–Trinajstić information content (AvgIpc) is 3.76. The molecule has 2 saturated heterocycles. The van der Waals surface area contributed by atoms with Gasteiger partial charge < -0.3 is 26.0 Å². The number of pyridine rings is 2. The maximum Gasteiger partial charge on any atom is 0.263 e. The molecule has 0 unspecified atom stereocenters. The van der Waals surface area contributed by atoms with Crippen LogP contribution in [0.25, 0.3) is 39.2 Å². The lowest BCUT2D eigenvalue weighted by molar-refractivity contribution is -0.120. The summed E-state index contributed by atoms with van der Waals surface area (Å²) in [4.78, 5) is 45.7. The quantitative estimate of drug-likeness (QED) is 0.117. The zero-order chi connectivity index (χ0) is 36.4. The number of nitrogens with zero attached hydrogens (tertiary/aromatic N) is 3. The average molecular weight is 761 g/mol.